The van der Waals surface area contributed by atoms with Gasteiger partial charge in [0.15, 0.2) is 11.5 Å². The van der Waals surface area contributed by atoms with Crippen molar-refractivity contribution in [2.45, 2.75) is 19.9 Å². The van der Waals surface area contributed by atoms with Gasteiger partial charge in [0.05, 0.1) is 12.5 Å². The van der Waals surface area contributed by atoms with Gasteiger partial charge in [0.1, 0.15) is 13.2 Å². The Kier molecular flexibility index (Phi) is 5.03. The van der Waals surface area contributed by atoms with E-state index in [1.165, 1.54) is 0 Å². The molecule has 0 aliphatic carbocycles. The summed E-state index contributed by atoms with van der Waals surface area (Å²) in [6.45, 7) is 4.63. The highest BCUT2D eigenvalue weighted by Crippen LogP contribution is 2.36. The quantitative estimate of drug-likeness (QED) is 0.793. The van der Waals surface area contributed by atoms with Crippen molar-refractivity contribution in [2.24, 2.45) is 5.92 Å². The number of amides is 2. The first-order valence-electron chi connectivity index (χ1n) is 9.17. The Morgan fingerprint density at radius 2 is 2.07 bits per heavy atom. The van der Waals surface area contributed by atoms with Crippen LogP contribution in [0.1, 0.15) is 18.2 Å². The van der Waals surface area contributed by atoms with Crippen LogP contribution >= 0.6 is 11.3 Å². The molecule has 2 aromatic rings. The molecule has 3 heterocycles. The van der Waals surface area contributed by atoms with E-state index in [4.69, 9.17) is 9.47 Å². The van der Waals surface area contributed by atoms with Crippen LogP contribution < -0.4 is 14.4 Å². The zero-order valence-electron chi connectivity index (χ0n) is 15.2. The largest absolute Gasteiger partial charge is 0.486 e. The highest BCUT2D eigenvalue weighted by molar-refractivity contribution is 7.09. The Bertz CT molecular complexity index is 837. The predicted octanol–water partition coefficient (Wildman–Crippen LogP) is 2.92. The molecular formula is C20H22N2O4S. The number of fused-ring (bicyclic) bond motifs is 1. The van der Waals surface area contributed by atoms with E-state index in [-0.39, 0.29) is 24.2 Å². The summed E-state index contributed by atoms with van der Waals surface area (Å²) in [4.78, 5) is 30.2. The average Bonchev–Trinajstić information content (AvgIpc) is 3.34. The lowest BCUT2D eigenvalue weighted by Crippen LogP contribution is -2.36. The molecule has 1 aromatic carbocycles. The zero-order chi connectivity index (χ0) is 18.8. The fourth-order valence-corrected chi connectivity index (χ4v) is 4.24. The van der Waals surface area contributed by atoms with Gasteiger partial charge in [0.25, 0.3) is 0 Å². The number of anilines is 1. The normalized spacial score (nSPS) is 18.6. The van der Waals surface area contributed by atoms with Crippen LogP contribution in [0.15, 0.2) is 35.7 Å². The van der Waals surface area contributed by atoms with E-state index in [0.29, 0.717) is 44.3 Å². The second-order valence-electron chi connectivity index (χ2n) is 6.67. The molecule has 1 saturated heterocycles. The van der Waals surface area contributed by atoms with Crippen molar-refractivity contribution in [3.8, 4) is 11.5 Å². The SMILES string of the molecule is CCN(Cc1cccs1)C(=O)C1CC(=O)N(c2ccc3c(c2)OCCO3)C1. The van der Waals surface area contributed by atoms with Gasteiger partial charge in [-0.1, -0.05) is 6.07 Å². The Morgan fingerprint density at radius 3 is 2.81 bits per heavy atom. The second kappa shape index (κ2) is 7.60. The summed E-state index contributed by atoms with van der Waals surface area (Å²) < 4.78 is 11.1. The molecule has 0 bridgehead atoms. The van der Waals surface area contributed by atoms with Gasteiger partial charge in [-0.3, -0.25) is 9.59 Å². The number of benzene rings is 1. The van der Waals surface area contributed by atoms with Crippen molar-refractivity contribution >= 4 is 28.8 Å². The van der Waals surface area contributed by atoms with Gasteiger partial charge in [-0.15, -0.1) is 11.3 Å². The topological polar surface area (TPSA) is 59.1 Å². The smallest absolute Gasteiger partial charge is 0.228 e. The molecule has 1 fully saturated rings. The van der Waals surface area contributed by atoms with Crippen LogP contribution in [-0.2, 0) is 16.1 Å². The minimum atomic E-state index is -0.314. The molecule has 6 nitrogen and oxygen atoms in total. The predicted molar refractivity (Wildman–Crippen MR) is 103 cm³/mol. The van der Waals surface area contributed by atoms with E-state index in [2.05, 4.69) is 0 Å². The Balaban J connectivity index is 1.47. The number of nitrogens with zero attached hydrogens (tertiary/aromatic N) is 2. The molecule has 1 atom stereocenters. The highest BCUT2D eigenvalue weighted by Gasteiger charge is 2.37. The molecule has 1 aromatic heterocycles. The number of rotatable bonds is 5. The van der Waals surface area contributed by atoms with Crippen LogP contribution in [-0.4, -0.2) is 43.0 Å². The van der Waals surface area contributed by atoms with Crippen LogP contribution in [0.3, 0.4) is 0 Å². The summed E-state index contributed by atoms with van der Waals surface area (Å²) >= 11 is 1.64. The first-order chi connectivity index (χ1) is 13.2. The number of ether oxygens (including phenoxy) is 2. The van der Waals surface area contributed by atoms with E-state index < -0.39 is 0 Å². The summed E-state index contributed by atoms with van der Waals surface area (Å²) in [5.74, 6) is 1.04. The van der Waals surface area contributed by atoms with Crippen molar-refractivity contribution in [3.63, 3.8) is 0 Å². The summed E-state index contributed by atoms with van der Waals surface area (Å²) in [5, 5.41) is 2.01. The lowest BCUT2D eigenvalue weighted by atomic mass is 10.1. The van der Waals surface area contributed by atoms with Gasteiger partial charge in [0.2, 0.25) is 11.8 Å². The average molecular weight is 386 g/mol. The summed E-state index contributed by atoms with van der Waals surface area (Å²) in [6.07, 6.45) is 0.244. The number of carbonyl (C=O) groups is 2. The summed E-state index contributed by atoms with van der Waals surface area (Å²) in [6, 6.07) is 9.51. The highest BCUT2D eigenvalue weighted by atomic mass is 32.1. The van der Waals surface area contributed by atoms with E-state index in [1.54, 1.807) is 16.2 Å². The van der Waals surface area contributed by atoms with E-state index in [0.717, 1.165) is 10.6 Å². The monoisotopic (exact) mass is 386 g/mol. The maximum absolute atomic E-state index is 13.0. The standard InChI is InChI=1S/C20H22N2O4S/c1-2-21(13-16-4-3-9-27-16)20(24)14-10-19(23)22(12-14)15-5-6-17-18(11-15)26-8-7-25-17/h3-6,9,11,14H,2,7-8,10,12-13H2,1H3. The third kappa shape index (κ3) is 3.64. The Hall–Kier alpha value is -2.54. The third-order valence-electron chi connectivity index (χ3n) is 4.93. The van der Waals surface area contributed by atoms with Crippen molar-refractivity contribution in [1.29, 1.82) is 0 Å². The van der Waals surface area contributed by atoms with Gasteiger partial charge >= 0.3 is 0 Å². The summed E-state index contributed by atoms with van der Waals surface area (Å²) in [7, 11) is 0. The zero-order valence-corrected chi connectivity index (χ0v) is 16.0. The molecule has 0 N–H and O–H groups in total. The van der Waals surface area contributed by atoms with Crippen molar-refractivity contribution in [2.75, 3.05) is 31.2 Å². The fourth-order valence-electron chi connectivity index (χ4n) is 3.52. The molecule has 0 radical (unpaired) electrons. The Morgan fingerprint density at radius 1 is 1.26 bits per heavy atom. The van der Waals surface area contributed by atoms with Crippen molar-refractivity contribution < 1.29 is 19.1 Å². The Labute approximate surface area is 162 Å². The van der Waals surface area contributed by atoms with Gasteiger partial charge in [-0.2, -0.15) is 0 Å². The minimum Gasteiger partial charge on any atom is -0.486 e. The number of thiophene rings is 1. The van der Waals surface area contributed by atoms with Crippen LogP contribution in [0.25, 0.3) is 0 Å². The van der Waals surface area contributed by atoms with Crippen molar-refractivity contribution in [1.82, 2.24) is 4.90 Å². The van der Waals surface area contributed by atoms with Crippen LogP contribution in [0.4, 0.5) is 5.69 Å². The third-order valence-corrected chi connectivity index (χ3v) is 5.79. The maximum Gasteiger partial charge on any atom is 0.228 e. The number of hydrogen-bond donors (Lipinski definition) is 0. The molecule has 2 amide bonds. The molecule has 7 heteroatoms. The van der Waals surface area contributed by atoms with Crippen LogP contribution in [0.5, 0.6) is 11.5 Å². The molecular weight excluding hydrogens is 364 g/mol. The molecule has 142 valence electrons. The van der Waals surface area contributed by atoms with Crippen LogP contribution in [0.2, 0.25) is 0 Å². The van der Waals surface area contributed by atoms with E-state index in [9.17, 15) is 9.59 Å². The van der Waals surface area contributed by atoms with Crippen LogP contribution in [0, 0.1) is 5.92 Å². The fraction of sp³-hybridized carbons (Fsp3) is 0.400. The summed E-state index contributed by atoms with van der Waals surface area (Å²) in [5.41, 5.74) is 0.751. The molecule has 1 unspecified atom stereocenters. The van der Waals surface area contributed by atoms with E-state index in [1.807, 2.05) is 47.5 Å². The number of carbonyl (C=O) groups excluding carboxylic acids is 2. The maximum atomic E-state index is 13.0. The minimum absolute atomic E-state index is 0.0304. The molecule has 0 saturated carbocycles. The molecule has 27 heavy (non-hydrogen) atoms. The first-order valence-corrected chi connectivity index (χ1v) is 10.0. The second-order valence-corrected chi connectivity index (χ2v) is 7.70. The lowest BCUT2D eigenvalue weighted by Gasteiger charge is -2.24. The lowest BCUT2D eigenvalue weighted by molar-refractivity contribution is -0.136. The first kappa shape index (κ1) is 17.9. The molecule has 2 aliphatic heterocycles. The van der Waals surface area contributed by atoms with Gasteiger partial charge in [-0.05, 0) is 30.5 Å². The molecule has 2 aliphatic rings. The van der Waals surface area contributed by atoms with Crippen molar-refractivity contribution in [3.05, 3.63) is 40.6 Å². The van der Waals surface area contributed by atoms with Gasteiger partial charge in [0, 0.05) is 36.1 Å². The molecule has 4 rings (SSSR count). The van der Waals surface area contributed by atoms with E-state index >= 15 is 0 Å². The molecule has 0 spiro atoms. The van der Waals surface area contributed by atoms with Gasteiger partial charge in [-0.25, -0.2) is 0 Å². The number of hydrogen-bond acceptors (Lipinski definition) is 5. The van der Waals surface area contributed by atoms with Gasteiger partial charge < -0.3 is 19.3 Å².